The van der Waals surface area contributed by atoms with Gasteiger partial charge in [0.1, 0.15) is 0 Å². The van der Waals surface area contributed by atoms with E-state index in [4.69, 9.17) is 9.88 Å². The minimum atomic E-state index is -3.95. The van der Waals surface area contributed by atoms with Gasteiger partial charge in [-0.2, -0.15) is 0 Å². The van der Waals surface area contributed by atoms with Crippen molar-refractivity contribution in [2.24, 2.45) is 5.14 Å². The van der Waals surface area contributed by atoms with Crippen molar-refractivity contribution in [1.82, 2.24) is 0 Å². The summed E-state index contributed by atoms with van der Waals surface area (Å²) in [6.07, 6.45) is 2.95. The molecule has 0 bridgehead atoms. The summed E-state index contributed by atoms with van der Waals surface area (Å²) in [5.41, 5.74) is 0.348. The number of anilines is 1. The van der Waals surface area contributed by atoms with Gasteiger partial charge in [0.2, 0.25) is 10.0 Å². The van der Waals surface area contributed by atoms with Crippen molar-refractivity contribution in [1.29, 1.82) is 0 Å². The number of hydrogen-bond donors (Lipinski definition) is 2. The lowest BCUT2D eigenvalue weighted by Gasteiger charge is -2.15. The number of hydrogen-bond acceptors (Lipinski definition) is 6. The van der Waals surface area contributed by atoms with Crippen molar-refractivity contribution >= 4 is 25.5 Å². The average Bonchev–Trinajstić information content (AvgIpc) is 2.87. The quantitative estimate of drug-likeness (QED) is 0.801. The molecular weight excluding hydrogens is 316 g/mol. The van der Waals surface area contributed by atoms with E-state index in [1.807, 2.05) is 0 Å². The van der Waals surface area contributed by atoms with Crippen LogP contribution in [0, 0.1) is 0 Å². The van der Waals surface area contributed by atoms with Crippen LogP contribution in [0.4, 0.5) is 5.69 Å². The van der Waals surface area contributed by atoms with E-state index >= 15 is 0 Å². The van der Waals surface area contributed by atoms with Crippen molar-refractivity contribution < 1.29 is 21.6 Å². The van der Waals surface area contributed by atoms with Crippen LogP contribution in [0.3, 0.4) is 0 Å². The van der Waals surface area contributed by atoms with Crippen LogP contribution in [0.5, 0.6) is 0 Å². The number of sulfone groups is 1. The van der Waals surface area contributed by atoms with E-state index in [0.29, 0.717) is 18.8 Å². The number of primary sulfonamides is 1. The van der Waals surface area contributed by atoms with Gasteiger partial charge in [0.25, 0.3) is 0 Å². The molecule has 1 aliphatic rings. The Labute approximate surface area is 124 Å². The van der Waals surface area contributed by atoms with Gasteiger partial charge >= 0.3 is 0 Å². The topological polar surface area (TPSA) is 116 Å². The van der Waals surface area contributed by atoms with E-state index in [0.717, 1.165) is 25.2 Å². The normalized spacial score (nSPS) is 19.6. The Morgan fingerprint density at radius 3 is 2.57 bits per heavy atom. The van der Waals surface area contributed by atoms with Crippen LogP contribution in [0.2, 0.25) is 0 Å². The maximum Gasteiger partial charge on any atom is 0.238 e. The fraction of sp³-hybridized carbons (Fsp3) is 0.500. The van der Waals surface area contributed by atoms with Crippen molar-refractivity contribution in [3.05, 3.63) is 18.2 Å². The molecule has 2 rings (SSSR count). The Balaban J connectivity index is 2.31. The van der Waals surface area contributed by atoms with E-state index < -0.39 is 19.9 Å². The van der Waals surface area contributed by atoms with Gasteiger partial charge in [-0.05, 0) is 31.0 Å². The molecule has 0 spiro atoms. The first-order chi connectivity index (χ1) is 9.68. The fourth-order valence-corrected chi connectivity index (χ4v) is 3.66. The van der Waals surface area contributed by atoms with Crippen LogP contribution in [0.25, 0.3) is 0 Å². The summed E-state index contributed by atoms with van der Waals surface area (Å²) in [5, 5.41) is 8.03. The molecule has 1 saturated heterocycles. The minimum Gasteiger partial charge on any atom is -0.381 e. The second-order valence-electron chi connectivity index (χ2n) is 4.99. The molecular formula is C12H18N2O5S2. The van der Waals surface area contributed by atoms with Gasteiger partial charge in [-0.15, -0.1) is 0 Å². The van der Waals surface area contributed by atoms with Crippen LogP contribution in [-0.4, -0.2) is 42.3 Å². The average molecular weight is 334 g/mol. The first-order valence-corrected chi connectivity index (χ1v) is 9.84. The molecule has 0 aliphatic carbocycles. The monoisotopic (exact) mass is 334 g/mol. The van der Waals surface area contributed by atoms with Gasteiger partial charge in [-0.25, -0.2) is 22.0 Å². The standard InChI is InChI=1S/C12H18N2O5S2/c1-20(15,16)12-7-10(21(13,17)18)4-5-11(12)14-8-9-3-2-6-19-9/h4-5,7,9,14H,2-3,6,8H2,1H3,(H2,13,17,18)/t9-/m0/s1. The second kappa shape index (κ2) is 5.91. The number of nitrogens with one attached hydrogen (secondary N) is 1. The van der Waals surface area contributed by atoms with E-state index in [-0.39, 0.29) is 15.9 Å². The maximum absolute atomic E-state index is 11.8. The molecule has 1 fully saturated rings. The molecule has 118 valence electrons. The molecule has 3 N–H and O–H groups in total. The fourth-order valence-electron chi connectivity index (χ4n) is 2.16. The van der Waals surface area contributed by atoms with Crippen molar-refractivity contribution in [3.8, 4) is 0 Å². The minimum absolute atomic E-state index is 0.0373. The molecule has 7 nitrogen and oxygen atoms in total. The Hall–Kier alpha value is -1.16. The van der Waals surface area contributed by atoms with Gasteiger partial charge in [-0.3, -0.25) is 0 Å². The Morgan fingerprint density at radius 2 is 2.05 bits per heavy atom. The Morgan fingerprint density at radius 1 is 1.33 bits per heavy atom. The van der Waals surface area contributed by atoms with Crippen molar-refractivity contribution in [2.45, 2.75) is 28.7 Å². The molecule has 0 saturated carbocycles. The predicted molar refractivity (Wildman–Crippen MR) is 78.4 cm³/mol. The smallest absolute Gasteiger partial charge is 0.238 e. The Bertz CT molecular complexity index is 722. The molecule has 0 amide bonds. The molecule has 1 aliphatic heterocycles. The molecule has 0 radical (unpaired) electrons. The molecule has 1 aromatic carbocycles. The summed E-state index contributed by atoms with van der Waals surface area (Å²) in [7, 11) is -7.54. The summed E-state index contributed by atoms with van der Waals surface area (Å²) in [5.74, 6) is 0. The van der Waals surface area contributed by atoms with Crippen LogP contribution in [0.1, 0.15) is 12.8 Å². The number of nitrogens with two attached hydrogens (primary N) is 1. The summed E-state index contributed by atoms with van der Waals surface area (Å²) in [6, 6.07) is 3.76. The van der Waals surface area contributed by atoms with Crippen molar-refractivity contribution in [2.75, 3.05) is 24.7 Å². The predicted octanol–water partition coefficient (Wildman–Crippen LogP) is 0.328. The lowest BCUT2D eigenvalue weighted by Crippen LogP contribution is -2.20. The van der Waals surface area contributed by atoms with Gasteiger partial charge in [0.15, 0.2) is 9.84 Å². The zero-order chi connectivity index (χ0) is 15.7. The SMILES string of the molecule is CS(=O)(=O)c1cc(S(N)(=O)=O)ccc1NC[C@@H]1CCCO1. The lowest BCUT2D eigenvalue weighted by molar-refractivity contribution is 0.120. The van der Waals surface area contributed by atoms with Crippen LogP contribution in [-0.2, 0) is 24.6 Å². The number of rotatable bonds is 5. The molecule has 1 aromatic rings. The molecule has 9 heteroatoms. The molecule has 1 atom stereocenters. The van der Waals surface area contributed by atoms with Gasteiger partial charge < -0.3 is 10.1 Å². The second-order valence-corrected chi connectivity index (χ2v) is 8.54. The molecule has 0 aromatic heterocycles. The van der Waals surface area contributed by atoms with E-state index in [1.54, 1.807) is 0 Å². The van der Waals surface area contributed by atoms with Crippen molar-refractivity contribution in [3.63, 3.8) is 0 Å². The summed E-state index contributed by atoms with van der Waals surface area (Å²) in [6.45, 7) is 1.17. The molecule has 0 unspecified atom stereocenters. The first-order valence-electron chi connectivity index (χ1n) is 6.40. The highest BCUT2D eigenvalue weighted by Crippen LogP contribution is 2.25. The third-order valence-electron chi connectivity index (χ3n) is 3.23. The van der Waals surface area contributed by atoms with Crippen LogP contribution in [0.15, 0.2) is 28.0 Å². The van der Waals surface area contributed by atoms with Gasteiger partial charge in [-0.1, -0.05) is 0 Å². The zero-order valence-corrected chi connectivity index (χ0v) is 13.2. The van der Waals surface area contributed by atoms with Crippen LogP contribution < -0.4 is 10.5 Å². The lowest BCUT2D eigenvalue weighted by atomic mass is 10.2. The van der Waals surface area contributed by atoms with E-state index in [2.05, 4.69) is 5.32 Å². The highest BCUT2D eigenvalue weighted by Gasteiger charge is 2.20. The largest absolute Gasteiger partial charge is 0.381 e. The van der Waals surface area contributed by atoms with Gasteiger partial charge in [0.05, 0.1) is 21.6 Å². The number of benzene rings is 1. The molecule has 21 heavy (non-hydrogen) atoms. The van der Waals surface area contributed by atoms with E-state index in [1.165, 1.54) is 12.1 Å². The first kappa shape index (κ1) is 16.2. The zero-order valence-electron chi connectivity index (χ0n) is 11.6. The van der Waals surface area contributed by atoms with E-state index in [9.17, 15) is 16.8 Å². The Kier molecular flexibility index (Phi) is 4.57. The number of sulfonamides is 1. The highest BCUT2D eigenvalue weighted by molar-refractivity contribution is 7.91. The third kappa shape index (κ3) is 4.16. The van der Waals surface area contributed by atoms with Gasteiger partial charge in [0, 0.05) is 19.4 Å². The summed E-state index contributed by atoms with van der Waals surface area (Å²) >= 11 is 0. The summed E-state index contributed by atoms with van der Waals surface area (Å²) in [4.78, 5) is -0.322. The van der Waals surface area contributed by atoms with Crippen LogP contribution >= 0.6 is 0 Å². The summed E-state index contributed by atoms with van der Waals surface area (Å²) < 4.78 is 51.8. The maximum atomic E-state index is 11.8. The highest BCUT2D eigenvalue weighted by atomic mass is 32.2. The number of ether oxygens (including phenoxy) is 1. The molecule has 1 heterocycles. The third-order valence-corrected chi connectivity index (χ3v) is 5.27.